The van der Waals surface area contributed by atoms with Crippen molar-refractivity contribution in [2.45, 2.75) is 24.9 Å². The Morgan fingerprint density at radius 3 is 2.96 bits per heavy atom. The molecule has 5 rings (SSSR count). The normalized spacial score (nSPS) is 28.3. The molecule has 3 aliphatic heterocycles. The summed E-state index contributed by atoms with van der Waals surface area (Å²) in [6, 6.07) is 12.4. The topological polar surface area (TPSA) is 61.4 Å². The number of carbonyl (C=O) groups excluding carboxylic acids is 2. The molecule has 0 saturated carbocycles. The van der Waals surface area contributed by atoms with Crippen molar-refractivity contribution in [3.05, 3.63) is 59.4 Å². The Hall–Kier alpha value is -2.38. The van der Waals surface area contributed by atoms with Crippen molar-refractivity contribution in [1.29, 1.82) is 0 Å². The summed E-state index contributed by atoms with van der Waals surface area (Å²) in [5.41, 5.74) is 1.57. The van der Waals surface area contributed by atoms with Gasteiger partial charge in [0.1, 0.15) is 11.4 Å². The van der Waals surface area contributed by atoms with E-state index in [1.54, 1.807) is 30.8 Å². The van der Waals surface area contributed by atoms with Gasteiger partial charge in [-0.25, -0.2) is 4.39 Å². The number of anilines is 2. The number of fused-ring (bicyclic) bond motifs is 4. The summed E-state index contributed by atoms with van der Waals surface area (Å²) in [7, 11) is 0. The summed E-state index contributed by atoms with van der Waals surface area (Å²) in [6.45, 7) is 1.68. The molecule has 2 amide bonds. The lowest BCUT2D eigenvalue weighted by Gasteiger charge is -2.36. The molecular weight excluding hydrogens is 377 g/mol. The highest BCUT2D eigenvalue weighted by molar-refractivity contribution is 7.99. The van der Waals surface area contributed by atoms with Gasteiger partial charge in [-0.05, 0) is 37.1 Å². The second-order valence-electron chi connectivity index (χ2n) is 7.63. The Bertz CT molecular complexity index is 997. The van der Waals surface area contributed by atoms with Crippen LogP contribution in [-0.4, -0.2) is 34.4 Å². The van der Waals surface area contributed by atoms with Crippen molar-refractivity contribution in [2.75, 3.05) is 22.3 Å². The number of hydrogen-bond acceptors (Lipinski definition) is 4. The SMILES string of the molecule is Cc1ccc(NC(=O)C2CC3CSCN3C23C(=O)Nc2ccccc23)cc1F. The second-order valence-corrected chi connectivity index (χ2v) is 8.63. The predicted molar refractivity (Wildman–Crippen MR) is 108 cm³/mol. The molecule has 7 heteroatoms. The van der Waals surface area contributed by atoms with Gasteiger partial charge in [-0.15, -0.1) is 11.8 Å². The Kier molecular flexibility index (Phi) is 4.00. The molecule has 3 aliphatic rings. The average molecular weight is 397 g/mol. The minimum Gasteiger partial charge on any atom is -0.326 e. The quantitative estimate of drug-likeness (QED) is 0.816. The van der Waals surface area contributed by atoms with E-state index in [2.05, 4.69) is 15.5 Å². The molecule has 144 valence electrons. The molecule has 2 saturated heterocycles. The average Bonchev–Trinajstić information content (AvgIpc) is 3.33. The fourth-order valence-electron chi connectivity index (χ4n) is 4.80. The third-order valence-electron chi connectivity index (χ3n) is 6.13. The van der Waals surface area contributed by atoms with Crippen molar-refractivity contribution < 1.29 is 14.0 Å². The zero-order valence-corrected chi connectivity index (χ0v) is 16.2. The van der Waals surface area contributed by atoms with E-state index in [-0.39, 0.29) is 23.7 Å². The summed E-state index contributed by atoms with van der Waals surface area (Å²) in [6.07, 6.45) is 0.606. The highest BCUT2D eigenvalue weighted by Gasteiger charge is 2.65. The lowest BCUT2D eigenvalue weighted by molar-refractivity contribution is -0.134. The number of halogens is 1. The van der Waals surface area contributed by atoms with Crippen LogP contribution in [0.1, 0.15) is 17.5 Å². The highest BCUT2D eigenvalue weighted by Crippen LogP contribution is 2.55. The van der Waals surface area contributed by atoms with Crippen molar-refractivity contribution in [3.8, 4) is 0 Å². The predicted octanol–water partition coefficient (Wildman–Crippen LogP) is 3.32. The van der Waals surface area contributed by atoms with Crippen molar-refractivity contribution in [1.82, 2.24) is 4.90 Å². The maximum Gasteiger partial charge on any atom is 0.250 e. The van der Waals surface area contributed by atoms with Gasteiger partial charge in [-0.2, -0.15) is 0 Å². The van der Waals surface area contributed by atoms with Gasteiger partial charge in [0.25, 0.3) is 0 Å². The molecule has 3 atom stereocenters. The molecule has 0 aromatic heterocycles. The number of hydrogen-bond donors (Lipinski definition) is 2. The number of thioether (sulfide) groups is 1. The molecule has 3 unspecified atom stereocenters. The number of nitrogens with one attached hydrogen (secondary N) is 2. The van der Waals surface area contributed by atoms with Crippen LogP contribution in [0.15, 0.2) is 42.5 Å². The van der Waals surface area contributed by atoms with E-state index in [4.69, 9.17) is 0 Å². The minimum absolute atomic E-state index is 0.145. The van der Waals surface area contributed by atoms with Gasteiger partial charge in [-0.3, -0.25) is 14.5 Å². The summed E-state index contributed by atoms with van der Waals surface area (Å²) < 4.78 is 13.9. The van der Waals surface area contributed by atoms with Crippen LogP contribution in [0.2, 0.25) is 0 Å². The Balaban J connectivity index is 1.56. The van der Waals surface area contributed by atoms with Gasteiger partial charge < -0.3 is 10.6 Å². The molecule has 0 radical (unpaired) electrons. The summed E-state index contributed by atoms with van der Waals surface area (Å²) in [4.78, 5) is 28.8. The maximum absolute atomic E-state index is 13.9. The lowest BCUT2D eigenvalue weighted by Crippen LogP contribution is -2.53. The number of amides is 2. The van der Waals surface area contributed by atoms with Gasteiger partial charge in [0.05, 0.1) is 5.92 Å². The first-order valence-corrected chi connectivity index (χ1v) is 10.5. The number of carbonyl (C=O) groups is 2. The van der Waals surface area contributed by atoms with Crippen LogP contribution in [0.3, 0.4) is 0 Å². The number of nitrogens with zero attached hydrogens (tertiary/aromatic N) is 1. The number of para-hydroxylation sites is 1. The standard InChI is InChI=1S/C21H20FN3O2S/c1-12-6-7-13(8-17(12)22)23-19(26)16-9-14-10-28-11-25(14)21(16)15-4-2-3-5-18(15)24-20(21)27/h2-8,14,16H,9-11H2,1H3,(H,23,26)(H,24,27). The zero-order valence-electron chi connectivity index (χ0n) is 15.4. The monoisotopic (exact) mass is 397 g/mol. The molecular formula is C21H20FN3O2S. The van der Waals surface area contributed by atoms with Crippen LogP contribution < -0.4 is 10.6 Å². The van der Waals surface area contributed by atoms with E-state index in [9.17, 15) is 14.0 Å². The van der Waals surface area contributed by atoms with Gasteiger partial charge >= 0.3 is 0 Å². The minimum atomic E-state index is -1.00. The molecule has 3 heterocycles. The van der Waals surface area contributed by atoms with Gasteiger partial charge in [0.15, 0.2) is 0 Å². The number of aryl methyl sites for hydroxylation is 1. The van der Waals surface area contributed by atoms with Crippen LogP contribution in [0, 0.1) is 18.7 Å². The Morgan fingerprint density at radius 2 is 2.14 bits per heavy atom. The van der Waals surface area contributed by atoms with E-state index in [0.29, 0.717) is 17.7 Å². The zero-order chi connectivity index (χ0) is 19.5. The summed E-state index contributed by atoms with van der Waals surface area (Å²) in [5.74, 6) is 0.338. The van der Waals surface area contributed by atoms with Gasteiger partial charge in [0, 0.05) is 34.6 Å². The van der Waals surface area contributed by atoms with E-state index in [1.807, 2.05) is 24.3 Å². The molecule has 0 bridgehead atoms. The molecule has 28 heavy (non-hydrogen) atoms. The first kappa shape index (κ1) is 17.7. The molecule has 2 fully saturated rings. The molecule has 2 aromatic carbocycles. The van der Waals surface area contributed by atoms with E-state index in [0.717, 1.165) is 22.9 Å². The maximum atomic E-state index is 13.9. The first-order chi connectivity index (χ1) is 13.5. The second kappa shape index (κ2) is 6.32. The Morgan fingerprint density at radius 1 is 1.32 bits per heavy atom. The smallest absolute Gasteiger partial charge is 0.250 e. The first-order valence-electron chi connectivity index (χ1n) is 9.34. The summed E-state index contributed by atoms with van der Waals surface area (Å²) >= 11 is 1.79. The third-order valence-corrected chi connectivity index (χ3v) is 7.22. The molecule has 2 N–H and O–H groups in total. The van der Waals surface area contributed by atoms with Crippen molar-refractivity contribution in [3.63, 3.8) is 0 Å². The fourth-order valence-corrected chi connectivity index (χ4v) is 6.11. The van der Waals surface area contributed by atoms with Crippen LogP contribution in [-0.2, 0) is 15.1 Å². The van der Waals surface area contributed by atoms with Gasteiger partial charge in [0.2, 0.25) is 11.8 Å². The fraction of sp³-hybridized carbons (Fsp3) is 0.333. The molecule has 2 aromatic rings. The van der Waals surface area contributed by atoms with E-state index < -0.39 is 11.5 Å². The van der Waals surface area contributed by atoms with Crippen molar-refractivity contribution >= 4 is 35.0 Å². The molecule has 1 spiro atoms. The van der Waals surface area contributed by atoms with E-state index >= 15 is 0 Å². The number of rotatable bonds is 2. The van der Waals surface area contributed by atoms with Gasteiger partial charge in [-0.1, -0.05) is 24.3 Å². The lowest BCUT2D eigenvalue weighted by atomic mass is 9.79. The van der Waals surface area contributed by atoms with Crippen LogP contribution >= 0.6 is 11.8 Å². The van der Waals surface area contributed by atoms with Crippen LogP contribution in [0.25, 0.3) is 0 Å². The third kappa shape index (κ3) is 2.36. The van der Waals surface area contributed by atoms with Crippen LogP contribution in [0.5, 0.6) is 0 Å². The molecule has 0 aliphatic carbocycles. The Labute approximate surface area is 166 Å². The number of benzene rings is 2. The highest BCUT2D eigenvalue weighted by atomic mass is 32.2. The molecule has 5 nitrogen and oxygen atoms in total. The van der Waals surface area contributed by atoms with E-state index in [1.165, 1.54) is 6.07 Å². The van der Waals surface area contributed by atoms with Crippen molar-refractivity contribution in [2.24, 2.45) is 5.92 Å². The summed E-state index contributed by atoms with van der Waals surface area (Å²) in [5, 5.41) is 5.83. The largest absolute Gasteiger partial charge is 0.326 e. The van der Waals surface area contributed by atoms with Crippen LogP contribution in [0.4, 0.5) is 15.8 Å².